The van der Waals surface area contributed by atoms with Crippen molar-refractivity contribution in [3.63, 3.8) is 0 Å². The van der Waals surface area contributed by atoms with Crippen LogP contribution in [0.5, 0.6) is 5.75 Å². The lowest BCUT2D eigenvalue weighted by molar-refractivity contribution is 0.473. The van der Waals surface area contributed by atoms with Gasteiger partial charge in [-0.15, -0.1) is 0 Å². The van der Waals surface area contributed by atoms with Gasteiger partial charge in [-0.05, 0) is 108 Å². The van der Waals surface area contributed by atoms with E-state index in [0.29, 0.717) is 0 Å². The van der Waals surface area contributed by atoms with Gasteiger partial charge < -0.3 is 5.11 Å². The van der Waals surface area contributed by atoms with E-state index in [-0.39, 0.29) is 16.6 Å². The lowest BCUT2D eigenvalue weighted by Gasteiger charge is -2.22. The van der Waals surface area contributed by atoms with Gasteiger partial charge in [-0.25, -0.2) is 4.98 Å². The van der Waals surface area contributed by atoms with Gasteiger partial charge in [0.1, 0.15) is 11.4 Å². The lowest BCUT2D eigenvalue weighted by atomic mass is 9.85. The third-order valence-electron chi connectivity index (χ3n) is 8.20. The molecule has 1 N–H and O–H groups in total. The van der Waals surface area contributed by atoms with Crippen LogP contribution in [-0.4, -0.2) is 19.6 Å². The molecule has 42 heavy (non-hydrogen) atoms. The summed E-state index contributed by atoms with van der Waals surface area (Å²) in [6.07, 6.45) is 1.84. The van der Waals surface area contributed by atoms with Crippen LogP contribution >= 0.6 is 0 Å². The Morgan fingerprint density at radius 3 is 2.14 bits per heavy atom. The molecule has 3 aromatic carbocycles. The molecule has 0 bridgehead atoms. The minimum Gasteiger partial charge on any atom is -0.507 e. The van der Waals surface area contributed by atoms with Gasteiger partial charge in [0.05, 0.1) is 16.9 Å². The Hall–Kier alpha value is -4.44. The quantitative estimate of drug-likeness (QED) is 0.237. The van der Waals surface area contributed by atoms with Crippen LogP contribution < -0.4 is 0 Å². The average molecular weight is 554 g/mol. The molecule has 212 valence electrons. The number of phenolic OH excluding ortho intramolecular Hbond substituents is 1. The highest BCUT2D eigenvalue weighted by molar-refractivity contribution is 6.09. The zero-order valence-electron chi connectivity index (χ0n) is 25.9. The van der Waals surface area contributed by atoms with Gasteiger partial charge in [0, 0.05) is 33.8 Å². The van der Waals surface area contributed by atoms with E-state index in [1.54, 1.807) is 0 Å². The molecule has 4 nitrogen and oxygen atoms in total. The van der Waals surface area contributed by atoms with Crippen molar-refractivity contribution >= 4 is 21.9 Å². The van der Waals surface area contributed by atoms with Crippen molar-refractivity contribution in [1.82, 2.24) is 14.5 Å². The van der Waals surface area contributed by atoms with Crippen LogP contribution in [-0.2, 0) is 10.8 Å². The number of aryl methyl sites for hydroxylation is 2. The molecule has 0 unspecified atom stereocenters. The van der Waals surface area contributed by atoms with Crippen LogP contribution in [0.15, 0.2) is 85.1 Å². The van der Waals surface area contributed by atoms with Gasteiger partial charge in [-0.1, -0.05) is 59.7 Å². The maximum atomic E-state index is 11.0. The first-order chi connectivity index (χ1) is 19.8. The third kappa shape index (κ3) is 4.85. The molecule has 0 saturated heterocycles. The molecule has 0 aliphatic heterocycles. The van der Waals surface area contributed by atoms with E-state index in [0.717, 1.165) is 55.9 Å². The monoisotopic (exact) mass is 553 g/mol. The number of aromatic nitrogens is 3. The Labute approximate surface area is 248 Å². The standard InChI is InChI=1S/C38H39N3O/c1-23-17-24(2)35(42)31(18-23)33-14-13-29-30-22-26(37(3,4)5)12-15-34(30)41(36(29)40-33)28-20-25(32-11-9-10-16-39-32)19-27(21-28)38(6,7)8/h9-22,42H,1-8H3. The molecule has 0 aliphatic rings. The highest BCUT2D eigenvalue weighted by atomic mass is 16.3. The molecule has 0 atom stereocenters. The molecule has 0 fully saturated rings. The summed E-state index contributed by atoms with van der Waals surface area (Å²) in [6.45, 7) is 17.5. The molecular weight excluding hydrogens is 514 g/mol. The predicted octanol–water partition coefficient (Wildman–Crippen LogP) is 9.83. The number of hydrogen-bond acceptors (Lipinski definition) is 3. The molecule has 0 aliphatic carbocycles. The second-order valence-electron chi connectivity index (χ2n) is 13.6. The van der Waals surface area contributed by atoms with E-state index < -0.39 is 0 Å². The normalized spacial score (nSPS) is 12.4. The van der Waals surface area contributed by atoms with Gasteiger partial charge in [-0.2, -0.15) is 0 Å². The minimum atomic E-state index is -0.0683. The maximum Gasteiger partial charge on any atom is 0.146 e. The number of rotatable bonds is 3. The SMILES string of the molecule is Cc1cc(C)c(O)c(-c2ccc3c4cc(C(C)(C)C)ccc4n(-c4cc(-c5ccccn5)cc(C(C)(C)C)c4)c3n2)c1. The zero-order valence-corrected chi connectivity index (χ0v) is 25.9. The zero-order chi connectivity index (χ0) is 30.0. The topological polar surface area (TPSA) is 50.9 Å². The van der Waals surface area contributed by atoms with Crippen LogP contribution in [0.25, 0.3) is 50.1 Å². The molecule has 4 heteroatoms. The lowest BCUT2D eigenvalue weighted by Crippen LogP contribution is -2.12. The number of pyridine rings is 2. The predicted molar refractivity (Wildman–Crippen MR) is 176 cm³/mol. The molecular formula is C38H39N3O. The molecule has 6 aromatic rings. The molecule has 3 heterocycles. The maximum absolute atomic E-state index is 11.0. The third-order valence-corrected chi connectivity index (χ3v) is 8.20. The summed E-state index contributed by atoms with van der Waals surface area (Å²) in [5.41, 5.74) is 10.9. The molecule has 0 saturated carbocycles. The number of hydrogen-bond donors (Lipinski definition) is 1. The number of phenols is 1. The second kappa shape index (κ2) is 9.84. The molecule has 0 spiro atoms. The van der Waals surface area contributed by atoms with Gasteiger partial charge in [-0.3, -0.25) is 9.55 Å². The van der Waals surface area contributed by atoms with E-state index in [4.69, 9.17) is 4.98 Å². The number of benzene rings is 3. The first-order valence-electron chi connectivity index (χ1n) is 14.6. The summed E-state index contributed by atoms with van der Waals surface area (Å²) in [6, 6.07) is 27.8. The summed E-state index contributed by atoms with van der Waals surface area (Å²) in [5, 5.41) is 13.3. The summed E-state index contributed by atoms with van der Waals surface area (Å²) in [4.78, 5) is 9.96. The van der Waals surface area contributed by atoms with Crippen molar-refractivity contribution in [2.75, 3.05) is 0 Å². The fraction of sp³-hybridized carbons (Fsp3) is 0.263. The van der Waals surface area contributed by atoms with Crippen molar-refractivity contribution < 1.29 is 5.11 Å². The Morgan fingerprint density at radius 2 is 1.45 bits per heavy atom. The average Bonchev–Trinajstić information content (AvgIpc) is 3.27. The van der Waals surface area contributed by atoms with Crippen LogP contribution in [0.2, 0.25) is 0 Å². The summed E-state index contributed by atoms with van der Waals surface area (Å²) in [5.74, 6) is 0.275. The minimum absolute atomic E-state index is 0.0131. The molecule has 3 aromatic heterocycles. The molecule has 0 amide bonds. The van der Waals surface area contributed by atoms with Crippen molar-refractivity contribution in [3.05, 3.63) is 107 Å². The van der Waals surface area contributed by atoms with Gasteiger partial charge in [0.25, 0.3) is 0 Å². The first-order valence-corrected chi connectivity index (χ1v) is 14.6. The van der Waals surface area contributed by atoms with Crippen LogP contribution in [0.3, 0.4) is 0 Å². The highest BCUT2D eigenvalue weighted by Crippen LogP contribution is 2.39. The Kier molecular flexibility index (Phi) is 6.49. The first kappa shape index (κ1) is 27.7. The van der Waals surface area contributed by atoms with Crippen LogP contribution in [0.1, 0.15) is 63.8 Å². The molecule has 6 rings (SSSR count). The van der Waals surface area contributed by atoms with Crippen molar-refractivity contribution in [2.24, 2.45) is 0 Å². The summed E-state index contributed by atoms with van der Waals surface area (Å²) < 4.78 is 2.28. The van der Waals surface area contributed by atoms with Crippen molar-refractivity contribution in [3.8, 4) is 34.0 Å². The Bertz CT molecular complexity index is 1970. The number of fused-ring (bicyclic) bond motifs is 3. The summed E-state index contributed by atoms with van der Waals surface area (Å²) >= 11 is 0. The number of nitrogens with zero attached hydrogens (tertiary/aromatic N) is 3. The van der Waals surface area contributed by atoms with Gasteiger partial charge in [0.15, 0.2) is 0 Å². The summed E-state index contributed by atoms with van der Waals surface area (Å²) in [7, 11) is 0. The van der Waals surface area contributed by atoms with Gasteiger partial charge >= 0.3 is 0 Å². The van der Waals surface area contributed by atoms with E-state index in [1.165, 1.54) is 16.5 Å². The van der Waals surface area contributed by atoms with Crippen LogP contribution in [0.4, 0.5) is 0 Å². The largest absolute Gasteiger partial charge is 0.507 e. The van der Waals surface area contributed by atoms with Crippen molar-refractivity contribution in [1.29, 1.82) is 0 Å². The fourth-order valence-electron chi connectivity index (χ4n) is 5.78. The molecule has 0 radical (unpaired) electrons. The van der Waals surface area contributed by atoms with E-state index in [1.807, 2.05) is 43.5 Å². The van der Waals surface area contributed by atoms with Gasteiger partial charge in [0.2, 0.25) is 0 Å². The van der Waals surface area contributed by atoms with Crippen molar-refractivity contribution in [2.45, 2.75) is 66.2 Å². The number of aromatic hydroxyl groups is 1. The Balaban J connectivity index is 1.72. The Morgan fingerprint density at radius 1 is 0.690 bits per heavy atom. The fourth-order valence-corrected chi connectivity index (χ4v) is 5.78. The van der Waals surface area contributed by atoms with Crippen LogP contribution in [0, 0.1) is 13.8 Å². The second-order valence-corrected chi connectivity index (χ2v) is 13.6. The van der Waals surface area contributed by atoms with E-state index >= 15 is 0 Å². The smallest absolute Gasteiger partial charge is 0.146 e. The van der Waals surface area contributed by atoms with E-state index in [9.17, 15) is 5.11 Å². The van der Waals surface area contributed by atoms with E-state index in [2.05, 4.69) is 107 Å². The highest BCUT2D eigenvalue weighted by Gasteiger charge is 2.22.